The molecule has 0 unspecified atom stereocenters. The van der Waals surface area contributed by atoms with Gasteiger partial charge in [0, 0.05) is 26.8 Å². The van der Waals surface area contributed by atoms with Gasteiger partial charge in [0.05, 0.1) is 0 Å². The number of ether oxygens (including phenoxy) is 2. The molecule has 6 nitrogen and oxygen atoms in total. The first-order valence-corrected chi connectivity index (χ1v) is 10.4. The van der Waals surface area contributed by atoms with Gasteiger partial charge in [-0.3, -0.25) is 20.4 Å². The molecule has 3 aromatic rings. The van der Waals surface area contributed by atoms with Crippen LogP contribution in [0.3, 0.4) is 0 Å². The first kappa shape index (κ1) is 20.1. The molecule has 4 rings (SSSR count). The molecule has 1 heterocycles. The number of halogens is 1. The van der Waals surface area contributed by atoms with Gasteiger partial charge in [-0.15, -0.1) is 11.8 Å². The predicted molar refractivity (Wildman–Crippen MR) is 115 cm³/mol. The van der Waals surface area contributed by atoms with Crippen molar-refractivity contribution in [3.63, 3.8) is 0 Å². The molecule has 0 fully saturated rings. The molecular weight excluding hydrogens is 424 g/mol. The summed E-state index contributed by atoms with van der Waals surface area (Å²) >= 11 is 7.58. The van der Waals surface area contributed by atoms with Crippen LogP contribution in [0.25, 0.3) is 0 Å². The van der Waals surface area contributed by atoms with E-state index in [1.807, 2.05) is 36.4 Å². The Labute approximate surface area is 182 Å². The highest BCUT2D eigenvalue weighted by atomic mass is 35.5. The van der Waals surface area contributed by atoms with Crippen LogP contribution in [0.5, 0.6) is 11.5 Å². The Morgan fingerprint density at radius 2 is 1.47 bits per heavy atom. The van der Waals surface area contributed by atoms with E-state index in [9.17, 15) is 9.59 Å². The van der Waals surface area contributed by atoms with Crippen molar-refractivity contribution in [2.24, 2.45) is 0 Å². The van der Waals surface area contributed by atoms with E-state index in [4.69, 9.17) is 21.1 Å². The minimum Gasteiger partial charge on any atom is -0.454 e. The van der Waals surface area contributed by atoms with Crippen molar-refractivity contribution in [1.29, 1.82) is 0 Å². The minimum atomic E-state index is -0.447. The molecule has 30 heavy (non-hydrogen) atoms. The molecule has 0 saturated heterocycles. The molecular formula is C22H17ClN2O4S. The smallest absolute Gasteiger partial charge is 0.269 e. The Kier molecular flexibility index (Phi) is 6.11. The van der Waals surface area contributed by atoms with E-state index in [0.29, 0.717) is 27.6 Å². The average Bonchev–Trinajstić information content (AvgIpc) is 3.25. The molecule has 0 radical (unpaired) electrons. The van der Waals surface area contributed by atoms with Crippen molar-refractivity contribution in [2.45, 2.75) is 10.6 Å². The summed E-state index contributed by atoms with van der Waals surface area (Å²) in [6, 6.07) is 19.7. The lowest BCUT2D eigenvalue weighted by molar-refractivity contribution is 0.0846. The number of hydrazine groups is 1. The molecule has 1 aliphatic rings. The molecule has 0 spiro atoms. The van der Waals surface area contributed by atoms with E-state index in [0.717, 1.165) is 16.2 Å². The molecule has 0 bridgehead atoms. The third kappa shape index (κ3) is 4.87. The van der Waals surface area contributed by atoms with Crippen molar-refractivity contribution in [2.75, 3.05) is 6.79 Å². The molecule has 0 atom stereocenters. The third-order valence-corrected chi connectivity index (χ3v) is 5.69. The molecule has 2 N–H and O–H groups in total. The first-order chi connectivity index (χ1) is 14.6. The maximum atomic E-state index is 12.3. The van der Waals surface area contributed by atoms with Crippen LogP contribution in [-0.2, 0) is 5.75 Å². The number of hydrogen-bond donors (Lipinski definition) is 2. The number of rotatable bonds is 5. The molecule has 0 aromatic heterocycles. The van der Waals surface area contributed by atoms with Crippen LogP contribution in [0, 0.1) is 0 Å². The lowest BCUT2D eigenvalue weighted by Crippen LogP contribution is -2.41. The third-order valence-electron chi connectivity index (χ3n) is 4.36. The fraction of sp³-hybridized carbons (Fsp3) is 0.0909. The highest BCUT2D eigenvalue weighted by molar-refractivity contribution is 7.98. The van der Waals surface area contributed by atoms with Gasteiger partial charge in [-0.1, -0.05) is 23.7 Å². The summed E-state index contributed by atoms with van der Waals surface area (Å²) in [5, 5.41) is 0.709. The Morgan fingerprint density at radius 3 is 2.20 bits per heavy atom. The van der Waals surface area contributed by atoms with Crippen LogP contribution in [0.1, 0.15) is 26.3 Å². The van der Waals surface area contributed by atoms with Gasteiger partial charge in [0.25, 0.3) is 11.8 Å². The Morgan fingerprint density at radius 1 is 0.833 bits per heavy atom. The summed E-state index contributed by atoms with van der Waals surface area (Å²) in [4.78, 5) is 25.7. The Balaban J connectivity index is 1.29. The summed E-state index contributed by atoms with van der Waals surface area (Å²) in [5.74, 6) is 1.01. The van der Waals surface area contributed by atoms with Gasteiger partial charge < -0.3 is 9.47 Å². The summed E-state index contributed by atoms with van der Waals surface area (Å²) < 4.78 is 10.5. The Hall–Kier alpha value is -3.16. The van der Waals surface area contributed by atoms with Crippen LogP contribution in [0.2, 0.25) is 5.02 Å². The van der Waals surface area contributed by atoms with E-state index in [2.05, 4.69) is 10.9 Å². The van der Waals surface area contributed by atoms with Gasteiger partial charge >= 0.3 is 0 Å². The number of amides is 2. The number of hydrogen-bond acceptors (Lipinski definition) is 5. The van der Waals surface area contributed by atoms with Gasteiger partial charge in [-0.05, 0) is 60.2 Å². The van der Waals surface area contributed by atoms with E-state index in [1.54, 1.807) is 42.1 Å². The molecule has 0 saturated carbocycles. The van der Waals surface area contributed by atoms with E-state index in [-0.39, 0.29) is 6.79 Å². The van der Waals surface area contributed by atoms with Crippen LogP contribution < -0.4 is 20.3 Å². The molecule has 2 amide bonds. The maximum absolute atomic E-state index is 12.3. The normalized spacial score (nSPS) is 11.8. The van der Waals surface area contributed by atoms with Gasteiger partial charge in [-0.25, -0.2) is 0 Å². The van der Waals surface area contributed by atoms with Crippen molar-refractivity contribution >= 4 is 35.2 Å². The minimum absolute atomic E-state index is 0.130. The second-order valence-electron chi connectivity index (χ2n) is 6.42. The fourth-order valence-corrected chi connectivity index (χ4v) is 3.73. The summed E-state index contributed by atoms with van der Waals surface area (Å²) in [6.45, 7) is 0.130. The SMILES string of the molecule is O=C(NNC(=O)c1ccc2c(c1)OCO2)c1ccc(CSc2ccc(Cl)cc2)cc1. The van der Waals surface area contributed by atoms with E-state index in [1.165, 1.54) is 0 Å². The van der Waals surface area contributed by atoms with E-state index < -0.39 is 11.8 Å². The first-order valence-electron chi connectivity index (χ1n) is 9.06. The quantitative estimate of drug-likeness (QED) is 0.453. The number of carbonyl (C=O) groups excluding carboxylic acids is 2. The van der Waals surface area contributed by atoms with Crippen molar-refractivity contribution in [1.82, 2.24) is 10.9 Å². The fourth-order valence-electron chi connectivity index (χ4n) is 2.75. The second kappa shape index (κ2) is 9.11. The maximum Gasteiger partial charge on any atom is 0.269 e. The molecule has 152 valence electrons. The molecule has 0 aliphatic carbocycles. The lowest BCUT2D eigenvalue weighted by Gasteiger charge is -2.09. The average molecular weight is 441 g/mol. The number of benzene rings is 3. The summed E-state index contributed by atoms with van der Waals surface area (Å²) in [5.41, 5.74) is 6.70. The van der Waals surface area contributed by atoms with Crippen molar-refractivity contribution in [3.8, 4) is 11.5 Å². The largest absolute Gasteiger partial charge is 0.454 e. The van der Waals surface area contributed by atoms with Gasteiger partial charge in [0.15, 0.2) is 11.5 Å². The number of carbonyl (C=O) groups is 2. The van der Waals surface area contributed by atoms with Crippen LogP contribution in [0.4, 0.5) is 0 Å². The number of fused-ring (bicyclic) bond motifs is 1. The van der Waals surface area contributed by atoms with E-state index >= 15 is 0 Å². The number of nitrogens with one attached hydrogen (secondary N) is 2. The highest BCUT2D eigenvalue weighted by Gasteiger charge is 2.16. The predicted octanol–water partition coefficient (Wildman–Crippen LogP) is 4.44. The molecule has 1 aliphatic heterocycles. The van der Waals surface area contributed by atoms with Crippen molar-refractivity contribution < 1.29 is 19.1 Å². The number of thioether (sulfide) groups is 1. The van der Waals surface area contributed by atoms with Crippen LogP contribution in [0.15, 0.2) is 71.6 Å². The standard InChI is InChI=1S/C22H17ClN2O4S/c23-17-6-8-18(9-7-17)30-12-14-1-3-15(4-2-14)21(26)24-25-22(27)16-5-10-19-20(11-16)29-13-28-19/h1-11H,12-13H2,(H,24,26)(H,25,27). The lowest BCUT2D eigenvalue weighted by atomic mass is 10.1. The monoisotopic (exact) mass is 440 g/mol. The van der Waals surface area contributed by atoms with Gasteiger partial charge in [0.1, 0.15) is 0 Å². The second-order valence-corrected chi connectivity index (χ2v) is 7.90. The highest BCUT2D eigenvalue weighted by Crippen LogP contribution is 2.32. The van der Waals surface area contributed by atoms with Crippen LogP contribution in [-0.4, -0.2) is 18.6 Å². The summed E-state index contributed by atoms with van der Waals surface area (Å²) in [7, 11) is 0. The zero-order valence-corrected chi connectivity index (χ0v) is 17.3. The van der Waals surface area contributed by atoms with Crippen LogP contribution >= 0.6 is 23.4 Å². The Bertz CT molecular complexity index is 1070. The van der Waals surface area contributed by atoms with Gasteiger partial charge in [-0.2, -0.15) is 0 Å². The molecule has 8 heteroatoms. The van der Waals surface area contributed by atoms with Crippen molar-refractivity contribution in [3.05, 3.63) is 88.4 Å². The zero-order chi connectivity index (χ0) is 20.9. The molecule has 3 aromatic carbocycles. The topological polar surface area (TPSA) is 76.7 Å². The summed E-state index contributed by atoms with van der Waals surface area (Å²) in [6.07, 6.45) is 0. The zero-order valence-electron chi connectivity index (χ0n) is 15.7. The van der Waals surface area contributed by atoms with Gasteiger partial charge in [0.2, 0.25) is 6.79 Å².